The van der Waals surface area contributed by atoms with Crippen LogP contribution in [0, 0.1) is 16.7 Å². The Morgan fingerprint density at radius 1 is 1.38 bits per heavy atom. The molecular weight excluding hydrogens is 328 g/mol. The van der Waals surface area contributed by atoms with Crippen molar-refractivity contribution in [2.75, 3.05) is 5.01 Å². The topological polar surface area (TPSA) is 60.9 Å². The normalized spacial score (nSPS) is 32.7. The number of nitrogens with zero attached hydrogens (tertiary/aromatic N) is 2. The van der Waals surface area contributed by atoms with E-state index in [1.807, 2.05) is 30.3 Å². The highest BCUT2D eigenvalue weighted by Crippen LogP contribution is 2.70. The Balaban J connectivity index is 1.83. The molecule has 5 heteroatoms. The second kappa shape index (κ2) is 5.68. The number of hydrazine groups is 1. The predicted molar refractivity (Wildman–Crippen MR) is 98.9 cm³/mol. The monoisotopic (exact) mass is 354 g/mol. The van der Waals surface area contributed by atoms with Crippen LogP contribution in [0.15, 0.2) is 43.0 Å². The summed E-state index contributed by atoms with van der Waals surface area (Å²) >= 11 is 0. The number of fused-ring (bicyclic) bond motifs is 1. The number of carbonyl (C=O) groups is 2. The first-order chi connectivity index (χ1) is 12.4. The van der Waals surface area contributed by atoms with Gasteiger partial charge in [0.2, 0.25) is 0 Å². The number of aliphatic hydroxyl groups excluding tert-OH is 1. The van der Waals surface area contributed by atoms with Gasteiger partial charge in [-0.15, -0.1) is 6.58 Å². The van der Waals surface area contributed by atoms with Crippen LogP contribution < -0.4 is 5.01 Å². The molecule has 26 heavy (non-hydrogen) atoms. The zero-order valence-electron chi connectivity index (χ0n) is 15.4. The fourth-order valence-corrected chi connectivity index (χ4v) is 5.66. The van der Waals surface area contributed by atoms with E-state index in [1.54, 1.807) is 5.01 Å². The molecule has 4 rings (SSSR count). The van der Waals surface area contributed by atoms with E-state index in [4.69, 9.17) is 0 Å². The summed E-state index contributed by atoms with van der Waals surface area (Å²) in [7, 11) is 0. The van der Waals surface area contributed by atoms with Crippen molar-refractivity contribution in [2.45, 2.75) is 51.7 Å². The van der Waals surface area contributed by atoms with Crippen molar-refractivity contribution in [3.05, 3.63) is 43.0 Å². The third-order valence-corrected chi connectivity index (χ3v) is 7.12. The minimum atomic E-state index is -1.18. The summed E-state index contributed by atoms with van der Waals surface area (Å²) in [5.41, 5.74) is -0.0308. The minimum absolute atomic E-state index is 0.00199. The molecule has 0 unspecified atom stereocenters. The third kappa shape index (κ3) is 1.95. The lowest BCUT2D eigenvalue weighted by Crippen LogP contribution is -2.51. The molecule has 5 nitrogen and oxygen atoms in total. The molecule has 3 aliphatic rings. The van der Waals surface area contributed by atoms with Crippen molar-refractivity contribution in [1.82, 2.24) is 5.01 Å². The molecular formula is C21H26N2O3. The Morgan fingerprint density at radius 3 is 2.69 bits per heavy atom. The highest BCUT2D eigenvalue weighted by Gasteiger charge is 2.75. The maximum Gasteiger partial charge on any atom is 0.270 e. The standard InChI is InChI=1S/C21H26N2O3/c1-4-8-16(24)18(25)23-17-13-14-11-12-21(17,20(14,2)3)19(26)22(23)15-9-6-5-7-10-15/h4-7,9-10,14,16-17,24H,1,8,11-13H2,2-3H3/t14-,16+,17-,21+/m1/s1. The Hall–Kier alpha value is -2.14. The first kappa shape index (κ1) is 17.3. The van der Waals surface area contributed by atoms with E-state index in [2.05, 4.69) is 20.4 Å². The first-order valence-corrected chi connectivity index (χ1v) is 9.38. The molecule has 2 saturated carbocycles. The van der Waals surface area contributed by atoms with Gasteiger partial charge in [0.15, 0.2) is 0 Å². The molecule has 138 valence electrons. The zero-order valence-corrected chi connectivity index (χ0v) is 15.4. The maximum absolute atomic E-state index is 13.7. The number of hydrogen-bond acceptors (Lipinski definition) is 3. The lowest BCUT2D eigenvalue weighted by Gasteiger charge is -2.35. The van der Waals surface area contributed by atoms with E-state index in [0.29, 0.717) is 11.6 Å². The summed E-state index contributed by atoms with van der Waals surface area (Å²) < 4.78 is 0. The average molecular weight is 354 g/mol. The van der Waals surface area contributed by atoms with Gasteiger partial charge in [0, 0.05) is 6.42 Å². The summed E-state index contributed by atoms with van der Waals surface area (Å²) in [6.45, 7) is 7.95. The Labute approximate surface area is 154 Å². The second-order valence-electron chi connectivity index (χ2n) is 8.36. The van der Waals surface area contributed by atoms with Gasteiger partial charge in [0.1, 0.15) is 6.10 Å². The molecule has 1 aromatic rings. The second-order valence-corrected chi connectivity index (χ2v) is 8.36. The Morgan fingerprint density at radius 2 is 2.08 bits per heavy atom. The number of hydrogen-bond donors (Lipinski definition) is 1. The zero-order chi connectivity index (χ0) is 18.7. The number of para-hydroxylation sites is 1. The largest absolute Gasteiger partial charge is 0.383 e. The molecule has 1 aliphatic heterocycles. The smallest absolute Gasteiger partial charge is 0.270 e. The molecule has 2 bridgehead atoms. The molecule has 1 spiro atoms. The summed E-state index contributed by atoms with van der Waals surface area (Å²) in [5.74, 6) is 0.0198. The predicted octanol–water partition coefficient (Wildman–Crippen LogP) is 2.91. The van der Waals surface area contributed by atoms with Crippen LogP contribution in [0.2, 0.25) is 0 Å². The van der Waals surface area contributed by atoms with E-state index in [-0.39, 0.29) is 23.8 Å². The highest BCUT2D eigenvalue weighted by atomic mass is 16.3. The summed E-state index contributed by atoms with van der Waals surface area (Å²) in [4.78, 5) is 26.8. The molecule has 4 atom stereocenters. The number of carbonyl (C=O) groups excluding carboxylic acids is 2. The van der Waals surface area contributed by atoms with Gasteiger partial charge in [0.25, 0.3) is 11.8 Å². The lowest BCUT2D eigenvalue weighted by atomic mass is 9.67. The summed E-state index contributed by atoms with van der Waals surface area (Å²) in [5, 5.41) is 13.4. The number of aliphatic hydroxyl groups is 1. The number of anilines is 1. The van der Waals surface area contributed by atoms with Crippen LogP contribution in [0.3, 0.4) is 0 Å². The average Bonchev–Trinajstić information content (AvgIpc) is 3.14. The number of benzene rings is 1. The van der Waals surface area contributed by atoms with Gasteiger partial charge in [-0.3, -0.25) is 9.59 Å². The molecule has 3 fully saturated rings. The molecule has 2 aliphatic carbocycles. The van der Waals surface area contributed by atoms with E-state index in [0.717, 1.165) is 19.3 Å². The SMILES string of the molecule is C=CC[C@H](O)C(=O)N1[C@@H]2C[C@H]3CC[C@]2(C(=O)N1c1ccccc1)C3(C)C. The van der Waals surface area contributed by atoms with E-state index in [9.17, 15) is 14.7 Å². The quantitative estimate of drug-likeness (QED) is 0.846. The highest BCUT2D eigenvalue weighted by molar-refractivity contribution is 6.05. The molecule has 2 amide bonds. The van der Waals surface area contributed by atoms with Crippen molar-refractivity contribution >= 4 is 17.5 Å². The van der Waals surface area contributed by atoms with Gasteiger partial charge in [-0.1, -0.05) is 38.1 Å². The van der Waals surface area contributed by atoms with Gasteiger partial charge in [0.05, 0.1) is 17.1 Å². The number of amides is 2. The molecule has 0 aromatic heterocycles. The van der Waals surface area contributed by atoms with E-state index < -0.39 is 17.4 Å². The molecule has 1 aromatic carbocycles. The van der Waals surface area contributed by atoms with Gasteiger partial charge >= 0.3 is 0 Å². The Bertz CT molecular complexity index is 760. The van der Waals surface area contributed by atoms with Crippen LogP contribution in [0.4, 0.5) is 5.69 Å². The Kier molecular flexibility index (Phi) is 3.77. The van der Waals surface area contributed by atoms with Crippen LogP contribution in [-0.2, 0) is 9.59 Å². The van der Waals surface area contributed by atoms with Crippen molar-refractivity contribution in [2.24, 2.45) is 16.7 Å². The van der Waals surface area contributed by atoms with Crippen LogP contribution >= 0.6 is 0 Å². The van der Waals surface area contributed by atoms with Gasteiger partial charge < -0.3 is 5.11 Å². The van der Waals surface area contributed by atoms with Gasteiger partial charge in [-0.2, -0.15) is 0 Å². The van der Waals surface area contributed by atoms with Gasteiger partial charge in [-0.05, 0) is 42.7 Å². The summed E-state index contributed by atoms with van der Waals surface area (Å²) in [6.07, 6.45) is 3.18. The van der Waals surface area contributed by atoms with Crippen LogP contribution in [-0.4, -0.2) is 34.1 Å². The molecule has 1 heterocycles. The number of rotatable bonds is 4. The summed E-state index contributed by atoms with van der Waals surface area (Å²) in [6, 6.07) is 9.11. The van der Waals surface area contributed by atoms with Crippen molar-refractivity contribution < 1.29 is 14.7 Å². The first-order valence-electron chi connectivity index (χ1n) is 9.38. The van der Waals surface area contributed by atoms with E-state index >= 15 is 0 Å². The fourth-order valence-electron chi connectivity index (χ4n) is 5.66. The third-order valence-electron chi connectivity index (χ3n) is 7.12. The van der Waals surface area contributed by atoms with Crippen molar-refractivity contribution in [3.63, 3.8) is 0 Å². The van der Waals surface area contributed by atoms with Gasteiger partial charge in [-0.25, -0.2) is 10.0 Å². The van der Waals surface area contributed by atoms with Crippen LogP contribution in [0.5, 0.6) is 0 Å². The molecule has 1 saturated heterocycles. The van der Waals surface area contributed by atoms with E-state index in [1.165, 1.54) is 11.1 Å². The minimum Gasteiger partial charge on any atom is -0.383 e. The molecule has 1 N–H and O–H groups in total. The van der Waals surface area contributed by atoms with Crippen LogP contribution in [0.1, 0.15) is 39.5 Å². The fraction of sp³-hybridized carbons (Fsp3) is 0.524. The van der Waals surface area contributed by atoms with Crippen molar-refractivity contribution in [3.8, 4) is 0 Å². The maximum atomic E-state index is 13.7. The lowest BCUT2D eigenvalue weighted by molar-refractivity contribution is -0.143. The molecule has 0 radical (unpaired) electrons. The van der Waals surface area contributed by atoms with Crippen LogP contribution in [0.25, 0.3) is 0 Å². The van der Waals surface area contributed by atoms with Crippen molar-refractivity contribution in [1.29, 1.82) is 0 Å².